The summed E-state index contributed by atoms with van der Waals surface area (Å²) in [5.41, 5.74) is 2.23. The predicted octanol–water partition coefficient (Wildman–Crippen LogP) is 4.32. The van der Waals surface area contributed by atoms with Gasteiger partial charge in [0.1, 0.15) is 17.3 Å². The van der Waals surface area contributed by atoms with Crippen LogP contribution >= 0.6 is 0 Å². The Hall–Kier alpha value is -2.33. The van der Waals surface area contributed by atoms with Gasteiger partial charge in [-0.05, 0) is 41.3 Å². The number of carbonyl (C=O) groups excluding carboxylic acids is 1. The number of nitrogens with one attached hydrogen (secondary N) is 1. The van der Waals surface area contributed by atoms with E-state index in [0.717, 1.165) is 22.6 Å². The van der Waals surface area contributed by atoms with Crippen LogP contribution in [-0.2, 0) is 4.79 Å². The van der Waals surface area contributed by atoms with Gasteiger partial charge in [0.2, 0.25) is 0 Å². The molecule has 2 aromatic carbocycles. The lowest BCUT2D eigenvalue weighted by atomic mass is 9.75. The molecule has 1 heterocycles. The molecule has 3 atom stereocenters. The fourth-order valence-corrected chi connectivity index (χ4v) is 3.82. The Labute approximate surface area is 155 Å². The molecule has 0 saturated carbocycles. The van der Waals surface area contributed by atoms with Gasteiger partial charge in [0.15, 0.2) is 0 Å². The van der Waals surface area contributed by atoms with Crippen LogP contribution in [0.25, 0.3) is 0 Å². The highest BCUT2D eigenvalue weighted by Crippen LogP contribution is 2.39. The number of hydrogen-bond acceptors (Lipinski definition) is 4. The number of benzene rings is 2. The average Bonchev–Trinajstić information content (AvgIpc) is 2.67. The lowest BCUT2D eigenvalue weighted by Crippen LogP contribution is -2.44. The normalized spacial score (nSPS) is 23.1. The molecular weight excluding hydrogens is 326 g/mol. The fraction of sp³-hybridized carbons (Fsp3) is 0.409. The molecule has 0 radical (unpaired) electrons. The maximum Gasteiger partial charge on any atom is 0.140 e. The molecule has 0 amide bonds. The van der Waals surface area contributed by atoms with Crippen molar-refractivity contribution >= 4 is 5.78 Å². The molecule has 1 N–H and O–H groups in total. The first-order valence-electron chi connectivity index (χ1n) is 9.10. The van der Waals surface area contributed by atoms with E-state index in [4.69, 9.17) is 9.47 Å². The zero-order valence-electron chi connectivity index (χ0n) is 15.9. The van der Waals surface area contributed by atoms with E-state index in [1.54, 1.807) is 14.2 Å². The highest BCUT2D eigenvalue weighted by atomic mass is 16.5. The van der Waals surface area contributed by atoms with Gasteiger partial charge >= 0.3 is 0 Å². The molecule has 138 valence electrons. The van der Waals surface area contributed by atoms with Crippen molar-refractivity contribution in [2.45, 2.75) is 32.4 Å². The van der Waals surface area contributed by atoms with Gasteiger partial charge in [-0.25, -0.2) is 0 Å². The number of ketones is 1. The van der Waals surface area contributed by atoms with Crippen LogP contribution in [0.3, 0.4) is 0 Å². The Morgan fingerprint density at radius 1 is 0.885 bits per heavy atom. The Balaban J connectivity index is 1.90. The summed E-state index contributed by atoms with van der Waals surface area (Å²) in [4.78, 5) is 13.0. The topological polar surface area (TPSA) is 47.6 Å². The fourth-order valence-electron chi connectivity index (χ4n) is 3.82. The lowest BCUT2D eigenvalue weighted by molar-refractivity contribution is -0.128. The van der Waals surface area contributed by atoms with Crippen LogP contribution in [0.1, 0.15) is 43.5 Å². The standard InChI is InChI=1S/C22H27NO3/c1-14(2)21-20(24)13-19(15-5-9-17(25-3)10-6-15)23-22(21)16-7-11-18(26-4)12-8-16/h5-12,14,19,21-23H,13H2,1-4H3. The van der Waals surface area contributed by atoms with Crippen molar-refractivity contribution < 1.29 is 14.3 Å². The molecule has 4 heteroatoms. The predicted molar refractivity (Wildman–Crippen MR) is 103 cm³/mol. The summed E-state index contributed by atoms with van der Waals surface area (Å²) < 4.78 is 10.5. The first-order chi connectivity index (χ1) is 12.5. The van der Waals surface area contributed by atoms with E-state index in [-0.39, 0.29) is 23.9 Å². The van der Waals surface area contributed by atoms with Crippen LogP contribution in [-0.4, -0.2) is 20.0 Å². The molecule has 1 saturated heterocycles. The monoisotopic (exact) mass is 353 g/mol. The molecule has 4 nitrogen and oxygen atoms in total. The van der Waals surface area contributed by atoms with Crippen LogP contribution in [0, 0.1) is 11.8 Å². The third kappa shape index (κ3) is 3.75. The summed E-state index contributed by atoms with van der Waals surface area (Å²) in [6.45, 7) is 4.24. The van der Waals surface area contributed by atoms with Crippen molar-refractivity contribution in [3.05, 3.63) is 59.7 Å². The van der Waals surface area contributed by atoms with Crippen LogP contribution in [0.5, 0.6) is 11.5 Å². The van der Waals surface area contributed by atoms with Gasteiger partial charge in [0.05, 0.1) is 14.2 Å². The first kappa shape index (κ1) is 18.5. The third-order valence-corrected chi connectivity index (χ3v) is 5.23. The summed E-state index contributed by atoms with van der Waals surface area (Å²) in [5.74, 6) is 2.21. The maximum absolute atomic E-state index is 13.0. The zero-order chi connectivity index (χ0) is 18.7. The van der Waals surface area contributed by atoms with Gasteiger partial charge in [-0.3, -0.25) is 4.79 Å². The molecule has 0 aromatic heterocycles. The summed E-state index contributed by atoms with van der Waals surface area (Å²) in [7, 11) is 3.32. The SMILES string of the molecule is COc1ccc(C2CC(=O)C(C(C)C)C(c3ccc(OC)cc3)N2)cc1. The van der Waals surface area contributed by atoms with Gasteiger partial charge in [-0.2, -0.15) is 0 Å². The van der Waals surface area contributed by atoms with Crippen LogP contribution in [0.2, 0.25) is 0 Å². The van der Waals surface area contributed by atoms with Gasteiger partial charge in [-0.1, -0.05) is 38.1 Å². The largest absolute Gasteiger partial charge is 0.497 e. The number of carbonyl (C=O) groups is 1. The van der Waals surface area contributed by atoms with E-state index in [2.05, 4.69) is 31.3 Å². The second kappa shape index (κ2) is 7.92. The number of ether oxygens (including phenoxy) is 2. The van der Waals surface area contributed by atoms with Crippen molar-refractivity contribution in [3.63, 3.8) is 0 Å². The molecule has 2 aromatic rings. The number of Topliss-reactive ketones (excluding diaryl/α,β-unsaturated/α-hetero) is 1. The molecule has 0 aliphatic carbocycles. The van der Waals surface area contributed by atoms with Gasteiger partial charge in [0, 0.05) is 24.4 Å². The molecule has 3 rings (SSSR count). The molecular formula is C22H27NO3. The van der Waals surface area contributed by atoms with Crippen molar-refractivity contribution in [1.29, 1.82) is 0 Å². The highest BCUT2D eigenvalue weighted by molar-refractivity contribution is 5.84. The van der Waals surface area contributed by atoms with Gasteiger partial charge < -0.3 is 14.8 Å². The van der Waals surface area contributed by atoms with Crippen LogP contribution in [0.15, 0.2) is 48.5 Å². The minimum absolute atomic E-state index is 0.00532. The molecule has 0 bridgehead atoms. The molecule has 1 aliphatic heterocycles. The van der Waals surface area contributed by atoms with Crippen molar-refractivity contribution in [3.8, 4) is 11.5 Å². The molecule has 0 spiro atoms. The number of hydrogen-bond donors (Lipinski definition) is 1. The maximum atomic E-state index is 13.0. The lowest BCUT2D eigenvalue weighted by Gasteiger charge is -2.39. The van der Waals surface area contributed by atoms with Crippen molar-refractivity contribution in [2.75, 3.05) is 14.2 Å². The van der Waals surface area contributed by atoms with E-state index in [1.807, 2.05) is 36.4 Å². The quantitative estimate of drug-likeness (QED) is 0.870. The first-order valence-corrected chi connectivity index (χ1v) is 9.10. The number of rotatable bonds is 5. The van der Waals surface area contributed by atoms with E-state index in [0.29, 0.717) is 12.2 Å². The number of methoxy groups -OCH3 is 2. The second-order valence-electron chi connectivity index (χ2n) is 7.18. The Kier molecular flexibility index (Phi) is 5.62. The van der Waals surface area contributed by atoms with Gasteiger partial charge in [0.25, 0.3) is 0 Å². The van der Waals surface area contributed by atoms with Crippen LogP contribution < -0.4 is 14.8 Å². The summed E-state index contributed by atoms with van der Waals surface area (Å²) in [6, 6.07) is 16.0. The van der Waals surface area contributed by atoms with Crippen molar-refractivity contribution in [1.82, 2.24) is 5.32 Å². The summed E-state index contributed by atoms with van der Waals surface area (Å²) in [6.07, 6.45) is 0.516. The minimum Gasteiger partial charge on any atom is -0.497 e. The molecule has 1 aliphatic rings. The van der Waals surface area contributed by atoms with E-state index in [1.165, 1.54) is 0 Å². The van der Waals surface area contributed by atoms with Crippen LogP contribution in [0.4, 0.5) is 0 Å². The Bertz CT molecular complexity index is 737. The average molecular weight is 353 g/mol. The molecule has 1 fully saturated rings. The number of piperidine rings is 1. The Morgan fingerprint density at radius 2 is 1.38 bits per heavy atom. The second-order valence-corrected chi connectivity index (χ2v) is 7.18. The smallest absolute Gasteiger partial charge is 0.140 e. The summed E-state index contributed by atoms with van der Waals surface area (Å²) >= 11 is 0. The van der Waals surface area contributed by atoms with Gasteiger partial charge in [-0.15, -0.1) is 0 Å². The highest BCUT2D eigenvalue weighted by Gasteiger charge is 2.39. The molecule has 3 unspecified atom stereocenters. The minimum atomic E-state index is -0.0297. The van der Waals surface area contributed by atoms with E-state index < -0.39 is 0 Å². The zero-order valence-corrected chi connectivity index (χ0v) is 15.9. The van der Waals surface area contributed by atoms with E-state index in [9.17, 15) is 4.79 Å². The van der Waals surface area contributed by atoms with Crippen molar-refractivity contribution in [2.24, 2.45) is 11.8 Å². The molecule has 26 heavy (non-hydrogen) atoms. The Morgan fingerprint density at radius 3 is 1.85 bits per heavy atom. The van der Waals surface area contributed by atoms with E-state index >= 15 is 0 Å². The summed E-state index contributed by atoms with van der Waals surface area (Å²) in [5, 5.41) is 3.72. The third-order valence-electron chi connectivity index (χ3n) is 5.23.